The minimum atomic E-state index is -0.0901. The summed E-state index contributed by atoms with van der Waals surface area (Å²) in [7, 11) is 0. The molecule has 3 rings (SSSR count). The lowest BCUT2D eigenvalue weighted by Gasteiger charge is -2.35. The predicted octanol–water partition coefficient (Wildman–Crippen LogP) is 0.542. The van der Waals surface area contributed by atoms with Gasteiger partial charge in [-0.2, -0.15) is 0 Å². The maximum absolute atomic E-state index is 12.6. The Balaban J connectivity index is 1.56. The van der Waals surface area contributed by atoms with Crippen molar-refractivity contribution in [2.24, 2.45) is 0 Å². The van der Waals surface area contributed by atoms with E-state index in [1.807, 2.05) is 19.1 Å². The minimum Gasteiger partial charge on any atom is -0.378 e. The van der Waals surface area contributed by atoms with E-state index in [4.69, 9.17) is 9.47 Å². The van der Waals surface area contributed by atoms with Gasteiger partial charge in [0.05, 0.1) is 13.2 Å². The van der Waals surface area contributed by atoms with E-state index in [9.17, 15) is 4.79 Å². The van der Waals surface area contributed by atoms with Crippen molar-refractivity contribution in [3.63, 3.8) is 0 Å². The predicted molar refractivity (Wildman–Crippen MR) is 98.3 cm³/mol. The van der Waals surface area contributed by atoms with Crippen LogP contribution in [0.15, 0.2) is 24.3 Å². The summed E-state index contributed by atoms with van der Waals surface area (Å²) < 4.78 is 11.2. The van der Waals surface area contributed by atoms with Crippen LogP contribution >= 0.6 is 0 Å². The van der Waals surface area contributed by atoms with Crippen LogP contribution in [0.3, 0.4) is 0 Å². The lowest BCUT2D eigenvalue weighted by atomic mass is 10.1. The first-order chi connectivity index (χ1) is 12.0. The number of benzene rings is 1. The van der Waals surface area contributed by atoms with Gasteiger partial charge in [0, 0.05) is 24.5 Å². The molecule has 0 radical (unpaired) electrons. The summed E-state index contributed by atoms with van der Waals surface area (Å²) in [5.41, 5.74) is 2.03. The van der Waals surface area contributed by atoms with E-state index in [-0.39, 0.29) is 24.2 Å². The molecule has 6 nitrogen and oxygen atoms in total. The first-order valence-electron chi connectivity index (χ1n) is 9.26. The van der Waals surface area contributed by atoms with Gasteiger partial charge >= 0.3 is 0 Å². The van der Waals surface area contributed by atoms with E-state index in [2.05, 4.69) is 36.2 Å². The van der Waals surface area contributed by atoms with E-state index >= 15 is 0 Å². The highest BCUT2D eigenvalue weighted by Crippen LogP contribution is 2.19. The smallest absolute Gasteiger partial charge is 0.282 e. The van der Waals surface area contributed by atoms with Gasteiger partial charge in [-0.3, -0.25) is 4.79 Å². The molecule has 2 aliphatic heterocycles. The quantitative estimate of drug-likeness (QED) is 0.834. The number of nitrogens with zero attached hydrogens (tertiary/aromatic N) is 1. The summed E-state index contributed by atoms with van der Waals surface area (Å²) in [6.45, 7) is 11.3. The summed E-state index contributed by atoms with van der Waals surface area (Å²) in [5.74, 6) is 0.0652. The number of hydrogen-bond donors (Lipinski definition) is 2. The molecule has 6 heteroatoms. The second kappa shape index (κ2) is 8.17. The molecule has 2 fully saturated rings. The molecule has 2 saturated heterocycles. The Kier molecular flexibility index (Phi) is 5.93. The summed E-state index contributed by atoms with van der Waals surface area (Å²) in [5, 5.41) is 3.05. The second-order valence-electron chi connectivity index (χ2n) is 7.18. The van der Waals surface area contributed by atoms with E-state index in [0.717, 1.165) is 45.1 Å². The van der Waals surface area contributed by atoms with Crippen LogP contribution in [0, 0.1) is 0 Å². The molecule has 4 atom stereocenters. The third-order valence-corrected chi connectivity index (χ3v) is 5.08. The normalized spacial score (nSPS) is 28.4. The average molecular weight is 348 g/mol. The van der Waals surface area contributed by atoms with E-state index in [1.165, 1.54) is 10.6 Å². The molecule has 2 aliphatic rings. The Morgan fingerprint density at radius 3 is 2.36 bits per heavy atom. The van der Waals surface area contributed by atoms with Gasteiger partial charge in [-0.25, -0.2) is 0 Å². The molecule has 0 spiro atoms. The molecule has 138 valence electrons. The zero-order chi connectivity index (χ0) is 17.8. The Bertz CT molecular complexity index is 562. The molecular formula is C19H30N3O3+. The Labute approximate surface area is 150 Å². The zero-order valence-corrected chi connectivity index (χ0v) is 15.5. The van der Waals surface area contributed by atoms with Crippen molar-refractivity contribution in [3.8, 4) is 0 Å². The number of quaternary nitrogens is 1. The number of nitrogens with one attached hydrogen (secondary N) is 2. The largest absolute Gasteiger partial charge is 0.378 e. The van der Waals surface area contributed by atoms with Crippen molar-refractivity contribution < 1.29 is 19.2 Å². The minimum absolute atomic E-state index is 0.0652. The zero-order valence-electron chi connectivity index (χ0n) is 15.5. The molecule has 0 aliphatic carbocycles. The highest BCUT2D eigenvalue weighted by molar-refractivity contribution is 5.93. The van der Waals surface area contributed by atoms with Crippen LogP contribution in [0.5, 0.6) is 0 Å². The number of carbonyl (C=O) groups is 1. The van der Waals surface area contributed by atoms with Gasteiger partial charge in [-0.1, -0.05) is 0 Å². The molecule has 1 aromatic carbocycles. The van der Waals surface area contributed by atoms with Crippen LogP contribution < -0.4 is 15.1 Å². The van der Waals surface area contributed by atoms with Crippen molar-refractivity contribution in [3.05, 3.63) is 24.3 Å². The highest BCUT2D eigenvalue weighted by Gasteiger charge is 2.32. The fraction of sp³-hybridized carbons (Fsp3) is 0.632. The Morgan fingerprint density at radius 2 is 1.76 bits per heavy atom. The maximum Gasteiger partial charge on any atom is 0.282 e. The molecule has 1 amide bonds. The van der Waals surface area contributed by atoms with Gasteiger partial charge in [0.1, 0.15) is 25.3 Å². The van der Waals surface area contributed by atoms with E-state index in [0.29, 0.717) is 0 Å². The van der Waals surface area contributed by atoms with Gasteiger partial charge in [-0.15, -0.1) is 0 Å². The molecule has 2 heterocycles. The number of hydrogen-bond acceptors (Lipinski definition) is 4. The number of rotatable bonds is 4. The van der Waals surface area contributed by atoms with Crippen LogP contribution in [0.2, 0.25) is 0 Å². The lowest BCUT2D eigenvalue weighted by molar-refractivity contribution is -0.928. The summed E-state index contributed by atoms with van der Waals surface area (Å²) >= 11 is 0. The van der Waals surface area contributed by atoms with Crippen molar-refractivity contribution in [2.75, 3.05) is 49.6 Å². The first-order valence-corrected chi connectivity index (χ1v) is 9.26. The summed E-state index contributed by atoms with van der Waals surface area (Å²) in [6, 6.07) is 8.01. The number of amides is 1. The lowest BCUT2D eigenvalue weighted by Crippen LogP contribution is -3.19. The van der Waals surface area contributed by atoms with Crippen molar-refractivity contribution in [1.29, 1.82) is 0 Å². The monoisotopic (exact) mass is 348 g/mol. The van der Waals surface area contributed by atoms with E-state index in [1.54, 1.807) is 0 Å². The molecule has 2 N–H and O–H groups in total. The molecular weight excluding hydrogens is 318 g/mol. The van der Waals surface area contributed by atoms with Gasteiger partial charge in [-0.05, 0) is 45.0 Å². The third-order valence-electron chi connectivity index (χ3n) is 5.08. The van der Waals surface area contributed by atoms with Gasteiger partial charge in [0.15, 0.2) is 6.04 Å². The molecule has 0 bridgehead atoms. The number of ether oxygens (including phenoxy) is 2. The van der Waals surface area contributed by atoms with Gasteiger partial charge < -0.3 is 24.6 Å². The van der Waals surface area contributed by atoms with Gasteiger partial charge in [0.2, 0.25) is 0 Å². The topological polar surface area (TPSA) is 55.2 Å². The Morgan fingerprint density at radius 1 is 1.16 bits per heavy atom. The third kappa shape index (κ3) is 4.71. The standard InChI is InChI=1S/C19H29N3O3/c1-14-12-22(13-15(2)25-14)16(3)19(23)20-17-4-6-18(7-5-17)21-8-10-24-11-9-21/h4-7,14-16H,8-13H2,1-3H3,(H,20,23)/p+1/t14-,15+,16-/m0/s1. The van der Waals surface area contributed by atoms with Crippen LogP contribution in [0.1, 0.15) is 20.8 Å². The van der Waals surface area contributed by atoms with Crippen LogP contribution in [0.25, 0.3) is 0 Å². The molecule has 0 aromatic heterocycles. The first kappa shape index (κ1) is 18.2. The SMILES string of the molecule is C[C@@H]1C[NH+]([C@@H](C)C(=O)Nc2ccc(N3CCOCC3)cc2)C[C@H](C)O1. The number of carbonyl (C=O) groups excluding carboxylic acids is 1. The molecule has 1 unspecified atom stereocenters. The van der Waals surface area contributed by atoms with Crippen LogP contribution in [-0.4, -0.2) is 63.5 Å². The molecule has 0 saturated carbocycles. The average Bonchev–Trinajstić information content (AvgIpc) is 2.61. The van der Waals surface area contributed by atoms with Crippen molar-refractivity contribution >= 4 is 17.3 Å². The second-order valence-corrected chi connectivity index (χ2v) is 7.18. The van der Waals surface area contributed by atoms with Crippen LogP contribution in [0.4, 0.5) is 11.4 Å². The fourth-order valence-electron chi connectivity index (χ4n) is 3.68. The maximum atomic E-state index is 12.6. The van der Waals surface area contributed by atoms with Crippen LogP contribution in [-0.2, 0) is 14.3 Å². The fourth-order valence-corrected chi connectivity index (χ4v) is 3.68. The Hall–Kier alpha value is -1.63. The van der Waals surface area contributed by atoms with Crippen molar-refractivity contribution in [1.82, 2.24) is 0 Å². The molecule has 25 heavy (non-hydrogen) atoms. The summed E-state index contributed by atoms with van der Waals surface area (Å²) in [4.78, 5) is 16.2. The van der Waals surface area contributed by atoms with E-state index < -0.39 is 0 Å². The summed E-state index contributed by atoms with van der Waals surface area (Å²) in [6.07, 6.45) is 0.392. The number of anilines is 2. The molecule has 1 aromatic rings. The highest BCUT2D eigenvalue weighted by atomic mass is 16.5. The number of morpholine rings is 2. The van der Waals surface area contributed by atoms with Gasteiger partial charge in [0.25, 0.3) is 5.91 Å². The van der Waals surface area contributed by atoms with Crippen molar-refractivity contribution in [2.45, 2.75) is 39.0 Å².